The number of halogens is 2. The van der Waals surface area contributed by atoms with Crippen molar-refractivity contribution >= 4 is 67.0 Å². The van der Waals surface area contributed by atoms with Crippen molar-refractivity contribution in [3.8, 4) is 0 Å². The van der Waals surface area contributed by atoms with Gasteiger partial charge in [0.05, 0.1) is 6.21 Å². The SMILES string of the molecule is Nc1csc(NN=Cc2ccc(I)c(Br)c2)n1. The van der Waals surface area contributed by atoms with E-state index < -0.39 is 0 Å². The molecule has 0 amide bonds. The number of aromatic nitrogens is 1. The van der Waals surface area contributed by atoms with Gasteiger partial charge in [-0.05, 0) is 56.2 Å². The molecule has 1 aromatic heterocycles. The monoisotopic (exact) mass is 422 g/mol. The summed E-state index contributed by atoms with van der Waals surface area (Å²) in [6.45, 7) is 0. The van der Waals surface area contributed by atoms with Gasteiger partial charge in [0.15, 0.2) is 0 Å². The fraction of sp³-hybridized carbons (Fsp3) is 0. The largest absolute Gasteiger partial charge is 0.383 e. The zero-order chi connectivity index (χ0) is 12.3. The molecule has 3 N–H and O–H groups in total. The Bertz CT molecular complexity index is 555. The number of nitrogens with zero attached hydrogens (tertiary/aromatic N) is 2. The molecule has 0 bridgehead atoms. The second-order valence-electron chi connectivity index (χ2n) is 3.12. The lowest BCUT2D eigenvalue weighted by atomic mass is 10.2. The van der Waals surface area contributed by atoms with Crippen molar-refractivity contribution in [3.05, 3.63) is 37.2 Å². The molecule has 7 heteroatoms. The van der Waals surface area contributed by atoms with Crippen molar-refractivity contribution < 1.29 is 0 Å². The van der Waals surface area contributed by atoms with E-state index in [-0.39, 0.29) is 0 Å². The molecule has 88 valence electrons. The van der Waals surface area contributed by atoms with Crippen LogP contribution in [0.4, 0.5) is 10.9 Å². The lowest BCUT2D eigenvalue weighted by molar-refractivity contribution is 1.29. The van der Waals surface area contributed by atoms with E-state index in [1.165, 1.54) is 14.9 Å². The Balaban J connectivity index is 2.03. The minimum atomic E-state index is 0.504. The molecule has 0 aliphatic rings. The summed E-state index contributed by atoms with van der Waals surface area (Å²) < 4.78 is 2.22. The number of nitrogens with one attached hydrogen (secondary N) is 1. The topological polar surface area (TPSA) is 63.3 Å². The van der Waals surface area contributed by atoms with Crippen LogP contribution in [-0.2, 0) is 0 Å². The molecule has 0 spiro atoms. The molecule has 0 radical (unpaired) electrons. The van der Waals surface area contributed by atoms with Crippen molar-refractivity contribution in [2.24, 2.45) is 5.10 Å². The van der Waals surface area contributed by atoms with Gasteiger partial charge in [0.25, 0.3) is 0 Å². The minimum absolute atomic E-state index is 0.504. The number of hydrogen-bond donors (Lipinski definition) is 2. The van der Waals surface area contributed by atoms with Crippen LogP contribution in [-0.4, -0.2) is 11.2 Å². The van der Waals surface area contributed by atoms with E-state index in [1.54, 1.807) is 11.6 Å². The lowest BCUT2D eigenvalue weighted by Crippen LogP contribution is -1.91. The van der Waals surface area contributed by atoms with Crippen LogP contribution in [0.2, 0.25) is 0 Å². The molecule has 2 rings (SSSR count). The Morgan fingerprint density at radius 1 is 1.53 bits per heavy atom. The first-order valence-electron chi connectivity index (χ1n) is 4.60. The summed E-state index contributed by atoms with van der Waals surface area (Å²) in [5.41, 5.74) is 9.33. The van der Waals surface area contributed by atoms with Gasteiger partial charge < -0.3 is 5.73 Å². The van der Waals surface area contributed by atoms with Crippen LogP contribution in [0.3, 0.4) is 0 Å². The highest BCUT2D eigenvalue weighted by Crippen LogP contribution is 2.19. The quantitative estimate of drug-likeness (QED) is 0.451. The minimum Gasteiger partial charge on any atom is -0.383 e. The average Bonchev–Trinajstić information content (AvgIpc) is 2.70. The molecule has 0 unspecified atom stereocenters. The van der Waals surface area contributed by atoms with Gasteiger partial charge in [-0.15, -0.1) is 11.3 Å². The van der Waals surface area contributed by atoms with Crippen LogP contribution in [0.15, 0.2) is 33.2 Å². The Kier molecular flexibility index (Phi) is 4.35. The number of nitrogen functional groups attached to an aromatic ring is 1. The van der Waals surface area contributed by atoms with Crippen LogP contribution < -0.4 is 11.2 Å². The third-order valence-corrected chi connectivity index (χ3v) is 4.94. The first kappa shape index (κ1) is 12.8. The summed E-state index contributed by atoms with van der Waals surface area (Å²) in [6.07, 6.45) is 1.73. The van der Waals surface area contributed by atoms with Crippen molar-refractivity contribution in [2.45, 2.75) is 0 Å². The van der Waals surface area contributed by atoms with Crippen molar-refractivity contribution in [2.75, 3.05) is 11.2 Å². The van der Waals surface area contributed by atoms with Gasteiger partial charge in [0.2, 0.25) is 5.13 Å². The molecule has 1 aromatic carbocycles. The summed E-state index contributed by atoms with van der Waals surface area (Å²) >= 11 is 7.15. The van der Waals surface area contributed by atoms with Crippen molar-refractivity contribution in [1.82, 2.24) is 4.98 Å². The fourth-order valence-electron chi connectivity index (χ4n) is 1.09. The van der Waals surface area contributed by atoms with Gasteiger partial charge in [0.1, 0.15) is 5.82 Å². The molecular weight excluding hydrogens is 415 g/mol. The number of thiazole rings is 1. The first-order chi connectivity index (χ1) is 8.15. The third-order valence-electron chi connectivity index (χ3n) is 1.84. The zero-order valence-electron chi connectivity index (χ0n) is 8.52. The zero-order valence-corrected chi connectivity index (χ0v) is 13.1. The van der Waals surface area contributed by atoms with Crippen LogP contribution in [0.5, 0.6) is 0 Å². The number of rotatable bonds is 3. The molecule has 1 heterocycles. The average molecular weight is 423 g/mol. The van der Waals surface area contributed by atoms with Crippen LogP contribution in [0.1, 0.15) is 5.56 Å². The van der Waals surface area contributed by atoms with E-state index in [4.69, 9.17) is 5.73 Å². The Labute approximate surface area is 125 Å². The van der Waals surface area contributed by atoms with Gasteiger partial charge in [-0.25, -0.2) is 4.98 Å². The second kappa shape index (κ2) is 5.78. The summed E-state index contributed by atoms with van der Waals surface area (Å²) in [5, 5.41) is 6.54. The molecule has 17 heavy (non-hydrogen) atoms. The Hall–Kier alpha value is -0.670. The van der Waals surface area contributed by atoms with Gasteiger partial charge in [-0.3, -0.25) is 5.43 Å². The number of anilines is 2. The van der Waals surface area contributed by atoms with E-state index in [2.05, 4.69) is 54.0 Å². The number of hydrogen-bond acceptors (Lipinski definition) is 5. The number of hydrazone groups is 1. The molecule has 0 saturated heterocycles. The molecule has 0 aliphatic heterocycles. The first-order valence-corrected chi connectivity index (χ1v) is 7.35. The molecule has 2 aromatic rings. The summed E-state index contributed by atoms with van der Waals surface area (Å²) in [4.78, 5) is 4.03. The third kappa shape index (κ3) is 3.65. The molecular formula is C10H8BrIN4S. The van der Waals surface area contributed by atoms with Crippen LogP contribution in [0, 0.1) is 3.57 Å². The van der Waals surface area contributed by atoms with Gasteiger partial charge in [-0.1, -0.05) is 6.07 Å². The van der Waals surface area contributed by atoms with E-state index >= 15 is 0 Å². The van der Waals surface area contributed by atoms with Crippen LogP contribution >= 0.6 is 49.9 Å². The van der Waals surface area contributed by atoms with Crippen LogP contribution in [0.25, 0.3) is 0 Å². The Morgan fingerprint density at radius 2 is 2.35 bits per heavy atom. The van der Waals surface area contributed by atoms with Gasteiger partial charge in [0, 0.05) is 13.4 Å². The predicted molar refractivity (Wildman–Crippen MR) is 84.6 cm³/mol. The maximum atomic E-state index is 5.50. The normalized spacial score (nSPS) is 10.9. The summed E-state index contributed by atoms with van der Waals surface area (Å²) in [5.74, 6) is 0.504. The Morgan fingerprint density at radius 3 is 3.00 bits per heavy atom. The second-order valence-corrected chi connectivity index (χ2v) is 6.00. The van der Waals surface area contributed by atoms with E-state index in [1.807, 2.05) is 18.2 Å². The van der Waals surface area contributed by atoms with E-state index in [0.29, 0.717) is 10.9 Å². The molecule has 0 atom stereocenters. The number of nitrogens with two attached hydrogens (primary N) is 1. The fourth-order valence-corrected chi connectivity index (χ4v) is 2.37. The van der Waals surface area contributed by atoms with Gasteiger partial charge >= 0.3 is 0 Å². The summed E-state index contributed by atoms with van der Waals surface area (Å²) in [7, 11) is 0. The van der Waals surface area contributed by atoms with Crippen molar-refractivity contribution in [3.63, 3.8) is 0 Å². The lowest BCUT2D eigenvalue weighted by Gasteiger charge is -1.97. The highest BCUT2D eigenvalue weighted by atomic mass is 127. The smallest absolute Gasteiger partial charge is 0.205 e. The predicted octanol–water partition coefficient (Wildman–Crippen LogP) is 3.54. The molecule has 0 saturated carbocycles. The van der Waals surface area contributed by atoms with E-state index in [0.717, 1.165) is 10.0 Å². The highest BCUT2D eigenvalue weighted by molar-refractivity contribution is 14.1. The van der Waals surface area contributed by atoms with Crippen molar-refractivity contribution in [1.29, 1.82) is 0 Å². The standard InChI is InChI=1S/C10H8BrIN4S/c11-7-3-6(1-2-8(7)12)4-14-16-10-15-9(13)5-17-10/h1-5H,13H2,(H,15,16). The molecule has 0 fully saturated rings. The molecule has 0 aliphatic carbocycles. The maximum absolute atomic E-state index is 5.50. The van der Waals surface area contributed by atoms with Gasteiger partial charge in [-0.2, -0.15) is 5.10 Å². The summed E-state index contributed by atoms with van der Waals surface area (Å²) in [6, 6.07) is 6.02. The maximum Gasteiger partial charge on any atom is 0.205 e. The molecule has 4 nitrogen and oxygen atoms in total. The van der Waals surface area contributed by atoms with E-state index in [9.17, 15) is 0 Å². The number of benzene rings is 1. The highest BCUT2D eigenvalue weighted by Gasteiger charge is 1.97.